The van der Waals surface area contributed by atoms with E-state index in [1.807, 2.05) is 42.8 Å². The maximum Gasteiger partial charge on any atom is 0.211 e. The normalized spacial score (nSPS) is 10.9. The Morgan fingerprint density at radius 1 is 1.20 bits per heavy atom. The van der Waals surface area contributed by atoms with Crippen molar-refractivity contribution in [1.29, 1.82) is 0 Å². The molecule has 0 aliphatic rings. The van der Waals surface area contributed by atoms with E-state index in [4.69, 9.17) is 11.5 Å². The van der Waals surface area contributed by atoms with E-state index >= 15 is 0 Å². The van der Waals surface area contributed by atoms with E-state index in [0.29, 0.717) is 5.71 Å². The van der Waals surface area contributed by atoms with Crippen molar-refractivity contribution in [1.82, 2.24) is 9.78 Å². The summed E-state index contributed by atoms with van der Waals surface area (Å²) in [7, 11) is 0. The molecule has 130 valence electrons. The summed E-state index contributed by atoms with van der Waals surface area (Å²) in [6, 6.07) is 8.04. The monoisotopic (exact) mass is 336 g/mol. The highest BCUT2D eigenvalue weighted by Gasteiger charge is 2.10. The lowest BCUT2D eigenvalue weighted by Crippen LogP contribution is -2.22. The molecule has 0 unspecified atom stereocenters. The van der Waals surface area contributed by atoms with Crippen molar-refractivity contribution >= 4 is 11.7 Å². The third-order valence-corrected chi connectivity index (χ3v) is 3.71. The van der Waals surface area contributed by atoms with Gasteiger partial charge in [-0.05, 0) is 44.5 Å². The summed E-state index contributed by atoms with van der Waals surface area (Å²) in [4.78, 5) is 0. The van der Waals surface area contributed by atoms with Gasteiger partial charge >= 0.3 is 0 Å². The fourth-order valence-corrected chi connectivity index (χ4v) is 2.33. The van der Waals surface area contributed by atoms with Gasteiger partial charge < -0.3 is 11.5 Å². The van der Waals surface area contributed by atoms with Gasteiger partial charge in [0.15, 0.2) is 0 Å². The SMILES string of the molecule is CCCCC#Cc1ccc(-n2ncc(/C(C)=N/N=C(N)N)c2C)cc1. The number of aromatic nitrogens is 2. The first-order valence-corrected chi connectivity index (χ1v) is 8.30. The number of hydrogen-bond acceptors (Lipinski definition) is 3. The van der Waals surface area contributed by atoms with E-state index in [1.165, 1.54) is 6.42 Å². The van der Waals surface area contributed by atoms with Gasteiger partial charge in [0.2, 0.25) is 5.96 Å². The molecule has 1 aromatic carbocycles. The minimum atomic E-state index is -0.0694. The lowest BCUT2D eigenvalue weighted by Gasteiger charge is -2.05. The fraction of sp³-hybridized carbons (Fsp3) is 0.316. The summed E-state index contributed by atoms with van der Waals surface area (Å²) in [6.07, 6.45) is 5.00. The van der Waals surface area contributed by atoms with Crippen LogP contribution in [0.5, 0.6) is 0 Å². The van der Waals surface area contributed by atoms with Crippen LogP contribution in [0.2, 0.25) is 0 Å². The number of nitrogens with zero attached hydrogens (tertiary/aromatic N) is 4. The molecule has 0 bridgehead atoms. The second-order valence-corrected chi connectivity index (χ2v) is 5.72. The van der Waals surface area contributed by atoms with Crippen molar-refractivity contribution in [3.8, 4) is 17.5 Å². The van der Waals surface area contributed by atoms with Crippen molar-refractivity contribution in [2.75, 3.05) is 0 Å². The van der Waals surface area contributed by atoms with Gasteiger partial charge in [-0.15, -0.1) is 5.10 Å². The van der Waals surface area contributed by atoms with Gasteiger partial charge in [-0.25, -0.2) is 4.68 Å². The average molecular weight is 336 g/mol. The Balaban J connectivity index is 2.21. The zero-order valence-corrected chi connectivity index (χ0v) is 15.0. The van der Waals surface area contributed by atoms with Crippen molar-refractivity contribution in [3.05, 3.63) is 47.3 Å². The van der Waals surface area contributed by atoms with Gasteiger partial charge in [-0.2, -0.15) is 10.2 Å². The molecular formula is C19H24N6. The molecule has 0 aliphatic carbocycles. The molecular weight excluding hydrogens is 312 g/mol. The van der Waals surface area contributed by atoms with Crippen LogP contribution in [0, 0.1) is 18.8 Å². The zero-order chi connectivity index (χ0) is 18.2. The molecule has 1 aromatic heterocycles. The second kappa shape index (κ2) is 8.69. The second-order valence-electron chi connectivity index (χ2n) is 5.72. The Kier molecular flexibility index (Phi) is 6.35. The first kappa shape index (κ1) is 18.3. The van der Waals surface area contributed by atoms with Gasteiger partial charge in [0.05, 0.1) is 23.3 Å². The van der Waals surface area contributed by atoms with Gasteiger partial charge in [-0.3, -0.25) is 0 Å². The van der Waals surface area contributed by atoms with E-state index in [1.54, 1.807) is 6.20 Å². The highest BCUT2D eigenvalue weighted by atomic mass is 15.3. The van der Waals surface area contributed by atoms with Gasteiger partial charge in [0, 0.05) is 17.5 Å². The highest BCUT2D eigenvalue weighted by molar-refractivity contribution is 5.99. The van der Waals surface area contributed by atoms with Gasteiger partial charge in [0.25, 0.3) is 0 Å². The summed E-state index contributed by atoms with van der Waals surface area (Å²) >= 11 is 0. The molecule has 25 heavy (non-hydrogen) atoms. The molecule has 0 fully saturated rings. The molecule has 4 N–H and O–H groups in total. The van der Waals surface area contributed by atoms with E-state index in [-0.39, 0.29) is 5.96 Å². The maximum atomic E-state index is 5.31. The number of guanidine groups is 1. The molecule has 2 aromatic rings. The van der Waals surface area contributed by atoms with E-state index in [0.717, 1.165) is 35.3 Å². The van der Waals surface area contributed by atoms with Crippen LogP contribution in [-0.4, -0.2) is 21.5 Å². The van der Waals surface area contributed by atoms with Crippen LogP contribution in [0.25, 0.3) is 5.69 Å². The topological polar surface area (TPSA) is 94.6 Å². The quantitative estimate of drug-likeness (QED) is 0.289. The summed E-state index contributed by atoms with van der Waals surface area (Å²) < 4.78 is 1.86. The van der Waals surface area contributed by atoms with Crippen molar-refractivity contribution in [2.45, 2.75) is 40.0 Å². The Morgan fingerprint density at radius 2 is 1.92 bits per heavy atom. The van der Waals surface area contributed by atoms with Crippen LogP contribution in [0.3, 0.4) is 0 Å². The number of benzene rings is 1. The molecule has 6 heteroatoms. The molecule has 0 radical (unpaired) electrons. The maximum absolute atomic E-state index is 5.31. The summed E-state index contributed by atoms with van der Waals surface area (Å²) in [5.41, 5.74) is 15.2. The molecule has 1 heterocycles. The molecule has 0 spiro atoms. The number of rotatable bonds is 5. The predicted octanol–water partition coefficient (Wildman–Crippen LogP) is 2.72. The van der Waals surface area contributed by atoms with Crippen LogP contribution in [0.4, 0.5) is 0 Å². The first-order chi connectivity index (χ1) is 12.0. The molecule has 0 aliphatic heterocycles. The van der Waals surface area contributed by atoms with Crippen LogP contribution >= 0.6 is 0 Å². The average Bonchev–Trinajstić information content (AvgIpc) is 2.99. The van der Waals surface area contributed by atoms with Crippen LogP contribution in [-0.2, 0) is 0 Å². The Morgan fingerprint density at radius 3 is 2.56 bits per heavy atom. The number of unbranched alkanes of at least 4 members (excludes halogenated alkanes) is 2. The lowest BCUT2D eigenvalue weighted by atomic mass is 10.1. The summed E-state index contributed by atoms with van der Waals surface area (Å²) in [5.74, 6) is 6.31. The van der Waals surface area contributed by atoms with Crippen LogP contribution in [0.15, 0.2) is 40.7 Å². The smallest absolute Gasteiger partial charge is 0.211 e. The molecule has 0 amide bonds. The Labute approximate surface area is 148 Å². The minimum Gasteiger partial charge on any atom is -0.369 e. The Bertz CT molecular complexity index is 827. The van der Waals surface area contributed by atoms with E-state index in [2.05, 4.69) is 34.1 Å². The Hall–Kier alpha value is -3.07. The lowest BCUT2D eigenvalue weighted by molar-refractivity contribution is 0.828. The minimum absolute atomic E-state index is 0.0694. The summed E-state index contributed by atoms with van der Waals surface area (Å²) in [6.45, 7) is 5.99. The molecule has 0 atom stereocenters. The first-order valence-electron chi connectivity index (χ1n) is 8.30. The molecule has 2 rings (SSSR count). The van der Waals surface area contributed by atoms with E-state index < -0.39 is 0 Å². The van der Waals surface area contributed by atoms with Gasteiger partial charge in [0.1, 0.15) is 0 Å². The van der Waals surface area contributed by atoms with Crippen molar-refractivity contribution in [3.63, 3.8) is 0 Å². The third kappa shape index (κ3) is 4.95. The van der Waals surface area contributed by atoms with E-state index in [9.17, 15) is 0 Å². The number of nitrogens with two attached hydrogens (primary N) is 2. The summed E-state index contributed by atoms with van der Waals surface area (Å²) in [5, 5.41) is 12.1. The van der Waals surface area contributed by atoms with Crippen molar-refractivity contribution in [2.24, 2.45) is 21.7 Å². The number of hydrogen-bond donors (Lipinski definition) is 2. The predicted molar refractivity (Wildman–Crippen MR) is 103 cm³/mol. The van der Waals surface area contributed by atoms with Crippen LogP contribution in [0.1, 0.15) is 49.9 Å². The largest absolute Gasteiger partial charge is 0.369 e. The zero-order valence-electron chi connectivity index (χ0n) is 15.0. The molecule has 0 saturated heterocycles. The fourth-order valence-electron chi connectivity index (χ4n) is 2.33. The van der Waals surface area contributed by atoms with Gasteiger partial charge in [-0.1, -0.05) is 25.2 Å². The van der Waals surface area contributed by atoms with Crippen LogP contribution < -0.4 is 11.5 Å². The highest BCUT2D eigenvalue weighted by Crippen LogP contribution is 2.16. The van der Waals surface area contributed by atoms with Crippen molar-refractivity contribution < 1.29 is 0 Å². The molecule has 0 saturated carbocycles. The molecule has 6 nitrogen and oxygen atoms in total. The standard InChI is InChI=1S/C19H24N6/c1-4-5-6-7-8-16-9-11-17(12-10-16)25-15(3)18(13-22-25)14(2)23-24-19(20)21/h9-13H,4-6H2,1-3H3,(H4,20,21,24)/b23-14+. The third-order valence-electron chi connectivity index (χ3n) is 3.71.